The number of aromatic nitrogens is 1. The summed E-state index contributed by atoms with van der Waals surface area (Å²) in [5.41, 5.74) is 0.834. The maximum atomic E-state index is 13.9. The van der Waals surface area contributed by atoms with E-state index in [1.165, 1.54) is 17.5 Å². The van der Waals surface area contributed by atoms with Gasteiger partial charge in [0.15, 0.2) is 5.13 Å². The maximum Gasteiger partial charge on any atom is 0.364 e. The molecule has 0 aliphatic heterocycles. The number of hydrogen-bond acceptors (Lipinski definition) is 8. The zero-order valence-electron chi connectivity index (χ0n) is 22.9. The van der Waals surface area contributed by atoms with Crippen molar-refractivity contribution >= 4 is 47.2 Å². The molecule has 0 atom stereocenters. The lowest BCUT2D eigenvalue weighted by Gasteiger charge is -2.23. The Balaban J connectivity index is 0.000000458. The number of carbonyl (C=O) groups is 3. The number of nitrogens with one attached hydrogen (secondary N) is 2. The molecule has 0 spiro atoms. The van der Waals surface area contributed by atoms with Crippen LogP contribution in [-0.4, -0.2) is 41.1 Å². The highest BCUT2D eigenvalue weighted by atomic mass is 32.1. The predicted molar refractivity (Wildman–Crippen MR) is 162 cm³/mol. The van der Waals surface area contributed by atoms with Crippen LogP contribution in [0, 0.1) is 0 Å². The van der Waals surface area contributed by atoms with E-state index in [9.17, 15) is 18.9 Å². The van der Waals surface area contributed by atoms with Gasteiger partial charge < -0.3 is 19.5 Å². The highest BCUT2D eigenvalue weighted by Crippen LogP contribution is 2.61. The van der Waals surface area contributed by atoms with E-state index in [2.05, 4.69) is 15.6 Å². The van der Waals surface area contributed by atoms with Crippen molar-refractivity contribution in [1.29, 1.82) is 0 Å². The third kappa shape index (κ3) is 9.05. The van der Waals surface area contributed by atoms with Crippen LogP contribution in [-0.2, 0) is 18.4 Å². The van der Waals surface area contributed by atoms with Crippen LogP contribution in [0.1, 0.15) is 40.1 Å². The fourth-order valence-corrected chi connectivity index (χ4v) is 6.00. The minimum Gasteiger partial charge on any atom is -0.478 e. The van der Waals surface area contributed by atoms with Gasteiger partial charge in [0.05, 0.1) is 18.8 Å². The molecule has 0 fully saturated rings. The molecule has 42 heavy (non-hydrogen) atoms. The second kappa shape index (κ2) is 16.1. The van der Waals surface area contributed by atoms with Crippen LogP contribution in [0.15, 0.2) is 108 Å². The fourth-order valence-electron chi connectivity index (χ4n) is 3.57. The summed E-state index contributed by atoms with van der Waals surface area (Å²) in [6.45, 7) is 3.49. The molecular formula is C30H30N3O7PS. The van der Waals surface area contributed by atoms with E-state index in [1.54, 1.807) is 110 Å². The molecule has 1 heterocycles. The summed E-state index contributed by atoms with van der Waals surface area (Å²) in [4.78, 5) is 40.7. The van der Waals surface area contributed by atoms with Gasteiger partial charge in [0.2, 0.25) is 0 Å². The topological polar surface area (TPSA) is 144 Å². The Morgan fingerprint density at radius 2 is 1.31 bits per heavy atom. The molecule has 218 valence electrons. The van der Waals surface area contributed by atoms with Crippen molar-refractivity contribution in [2.45, 2.75) is 13.8 Å². The fraction of sp³-hybridized carbons (Fsp3) is 0.133. The van der Waals surface area contributed by atoms with Gasteiger partial charge in [-0.1, -0.05) is 66.7 Å². The highest BCUT2D eigenvalue weighted by Gasteiger charge is 2.37. The van der Waals surface area contributed by atoms with E-state index < -0.39 is 25.4 Å². The monoisotopic (exact) mass is 607 g/mol. The van der Waals surface area contributed by atoms with Crippen molar-refractivity contribution in [2.24, 2.45) is 0 Å². The SMILES string of the molecule is CCOP(=O)(OCC)/C(=C(\NC(=O)c1ccccc1)C(=O)Nc1nccs1)c1ccccc1.O=C(O)c1ccccc1. The van der Waals surface area contributed by atoms with Crippen molar-refractivity contribution in [1.82, 2.24) is 10.3 Å². The number of amides is 2. The van der Waals surface area contributed by atoms with Gasteiger partial charge in [-0.3, -0.25) is 19.5 Å². The minimum absolute atomic E-state index is 0.0369. The molecular weight excluding hydrogens is 577 g/mol. The lowest BCUT2D eigenvalue weighted by molar-refractivity contribution is -0.113. The Hall–Kier alpha value is -4.41. The average molecular weight is 608 g/mol. The first-order valence-corrected chi connectivity index (χ1v) is 15.3. The average Bonchev–Trinajstić information content (AvgIpc) is 3.52. The van der Waals surface area contributed by atoms with E-state index in [-0.39, 0.29) is 24.2 Å². The van der Waals surface area contributed by atoms with Crippen LogP contribution in [0.5, 0.6) is 0 Å². The van der Waals surface area contributed by atoms with Gasteiger partial charge in [-0.05, 0) is 43.7 Å². The first-order chi connectivity index (χ1) is 20.3. The molecule has 0 saturated heterocycles. The lowest BCUT2D eigenvalue weighted by atomic mass is 10.1. The molecule has 0 aliphatic carbocycles. The number of rotatable bonds is 11. The van der Waals surface area contributed by atoms with Crippen LogP contribution in [0.2, 0.25) is 0 Å². The molecule has 1 aromatic heterocycles. The molecule has 0 aliphatic rings. The third-order valence-electron chi connectivity index (χ3n) is 5.33. The molecule has 4 rings (SSSR count). The number of carboxylic acids is 1. The van der Waals surface area contributed by atoms with Crippen LogP contribution in [0.3, 0.4) is 0 Å². The highest BCUT2D eigenvalue weighted by molar-refractivity contribution is 7.65. The number of thiazole rings is 1. The number of benzene rings is 3. The Morgan fingerprint density at radius 1 is 0.810 bits per heavy atom. The second-order valence-electron chi connectivity index (χ2n) is 8.21. The molecule has 0 radical (unpaired) electrons. The molecule has 0 bridgehead atoms. The molecule has 3 aromatic carbocycles. The standard InChI is InChI=1S/C23H24N3O5PS.C7H6O2/c1-3-30-32(29,31-4-2)20(17-11-7-5-8-12-17)19(22(28)26-23-24-15-16-33-23)25-21(27)18-13-9-6-10-14-18;8-7(9)6-4-2-1-3-5-6/h5-16H,3-4H2,1-2H3,(H,25,27)(H,24,26,28);1-5H,(H,8,9)/b20-19-;. The summed E-state index contributed by atoms with van der Waals surface area (Å²) in [6.07, 6.45) is 1.54. The molecule has 3 N–H and O–H groups in total. The van der Waals surface area contributed by atoms with E-state index in [1.807, 2.05) is 0 Å². The first-order valence-electron chi connectivity index (χ1n) is 12.8. The Kier molecular flexibility index (Phi) is 12.3. The quantitative estimate of drug-likeness (QED) is 0.129. The molecule has 10 nitrogen and oxygen atoms in total. The number of carboxylic acid groups (broad SMARTS) is 1. The number of anilines is 1. The molecule has 0 unspecified atom stereocenters. The Bertz CT molecular complexity index is 1520. The van der Waals surface area contributed by atoms with E-state index in [0.29, 0.717) is 21.8 Å². The summed E-state index contributed by atoms with van der Waals surface area (Å²) < 4.78 is 25.1. The Morgan fingerprint density at radius 3 is 1.74 bits per heavy atom. The van der Waals surface area contributed by atoms with Crippen molar-refractivity contribution in [3.8, 4) is 0 Å². The Labute approximate surface area is 247 Å². The first kappa shape index (κ1) is 32.1. The number of aromatic carboxylic acids is 1. The zero-order valence-corrected chi connectivity index (χ0v) is 24.6. The second-order valence-corrected chi connectivity index (χ2v) is 11.1. The minimum atomic E-state index is -4.01. The van der Waals surface area contributed by atoms with Gasteiger partial charge >= 0.3 is 13.6 Å². The summed E-state index contributed by atoms with van der Waals surface area (Å²) >= 11 is 1.21. The molecule has 2 amide bonds. The van der Waals surface area contributed by atoms with Crippen molar-refractivity contribution < 1.29 is 33.1 Å². The smallest absolute Gasteiger partial charge is 0.364 e. The van der Waals surface area contributed by atoms with Crippen molar-refractivity contribution in [3.63, 3.8) is 0 Å². The zero-order chi connectivity index (χ0) is 30.4. The van der Waals surface area contributed by atoms with Crippen LogP contribution in [0.4, 0.5) is 5.13 Å². The van der Waals surface area contributed by atoms with Gasteiger partial charge in [-0.25, -0.2) is 9.78 Å². The van der Waals surface area contributed by atoms with Crippen LogP contribution >= 0.6 is 18.9 Å². The summed E-state index contributed by atoms with van der Waals surface area (Å²) in [5, 5.41) is 15.7. The van der Waals surface area contributed by atoms with Crippen molar-refractivity contribution in [3.05, 3.63) is 125 Å². The van der Waals surface area contributed by atoms with Gasteiger partial charge in [0.1, 0.15) is 11.0 Å². The lowest BCUT2D eigenvalue weighted by Crippen LogP contribution is -2.32. The molecule has 4 aromatic rings. The van der Waals surface area contributed by atoms with Crippen LogP contribution < -0.4 is 10.6 Å². The number of hydrogen-bond donors (Lipinski definition) is 3. The maximum absolute atomic E-state index is 13.9. The molecule has 0 saturated carbocycles. The van der Waals surface area contributed by atoms with E-state index >= 15 is 0 Å². The normalized spacial score (nSPS) is 11.4. The largest absolute Gasteiger partial charge is 0.478 e. The van der Waals surface area contributed by atoms with Gasteiger partial charge in [0.25, 0.3) is 11.8 Å². The van der Waals surface area contributed by atoms with E-state index in [0.717, 1.165) is 0 Å². The summed E-state index contributed by atoms with van der Waals surface area (Å²) in [5.74, 6) is -2.13. The van der Waals surface area contributed by atoms with Gasteiger partial charge in [-0.15, -0.1) is 11.3 Å². The third-order valence-corrected chi connectivity index (χ3v) is 8.25. The van der Waals surface area contributed by atoms with Gasteiger partial charge in [-0.2, -0.15) is 0 Å². The number of nitrogens with zero attached hydrogens (tertiary/aromatic N) is 1. The predicted octanol–water partition coefficient (Wildman–Crippen LogP) is 6.53. The van der Waals surface area contributed by atoms with Gasteiger partial charge in [0, 0.05) is 17.1 Å². The number of carbonyl (C=O) groups excluding carboxylic acids is 2. The molecule has 12 heteroatoms. The van der Waals surface area contributed by atoms with E-state index in [4.69, 9.17) is 14.2 Å². The summed E-state index contributed by atoms with van der Waals surface area (Å²) in [6, 6.07) is 25.3. The van der Waals surface area contributed by atoms with Crippen LogP contribution in [0.25, 0.3) is 5.31 Å². The summed E-state index contributed by atoms with van der Waals surface area (Å²) in [7, 11) is -4.01. The van der Waals surface area contributed by atoms with Crippen molar-refractivity contribution in [2.75, 3.05) is 18.5 Å².